The molecule has 0 aliphatic carbocycles. The first-order valence-electron chi connectivity index (χ1n) is 9.26. The summed E-state index contributed by atoms with van der Waals surface area (Å²) in [7, 11) is 3.01. The SMILES string of the molecule is COc1cc(NC(=O)C=Cc2ccc(OCc3ccccc3)cc2)c(OC)cc1Cl. The van der Waals surface area contributed by atoms with Crippen molar-refractivity contribution in [3.63, 3.8) is 0 Å². The number of carbonyl (C=O) groups is 1. The third kappa shape index (κ3) is 5.78. The molecule has 0 bridgehead atoms. The topological polar surface area (TPSA) is 56.8 Å². The lowest BCUT2D eigenvalue weighted by Crippen LogP contribution is -2.09. The Labute approximate surface area is 180 Å². The molecule has 0 spiro atoms. The fourth-order valence-corrected chi connectivity index (χ4v) is 2.95. The quantitative estimate of drug-likeness (QED) is 0.480. The molecule has 5 nitrogen and oxygen atoms in total. The lowest BCUT2D eigenvalue weighted by molar-refractivity contribution is -0.111. The van der Waals surface area contributed by atoms with Gasteiger partial charge in [0, 0.05) is 18.2 Å². The minimum absolute atomic E-state index is 0.304. The van der Waals surface area contributed by atoms with Gasteiger partial charge < -0.3 is 19.5 Å². The van der Waals surface area contributed by atoms with Gasteiger partial charge >= 0.3 is 0 Å². The van der Waals surface area contributed by atoms with Crippen molar-refractivity contribution < 1.29 is 19.0 Å². The number of carbonyl (C=O) groups excluding carboxylic acids is 1. The maximum absolute atomic E-state index is 12.3. The van der Waals surface area contributed by atoms with E-state index >= 15 is 0 Å². The number of methoxy groups -OCH3 is 2. The zero-order valence-electron chi connectivity index (χ0n) is 16.7. The van der Waals surface area contributed by atoms with Crippen LogP contribution >= 0.6 is 11.6 Å². The average molecular weight is 424 g/mol. The highest BCUT2D eigenvalue weighted by Gasteiger charge is 2.11. The van der Waals surface area contributed by atoms with Gasteiger partial charge in [-0.25, -0.2) is 0 Å². The Hall–Kier alpha value is -3.44. The van der Waals surface area contributed by atoms with Crippen LogP contribution in [0.4, 0.5) is 5.69 Å². The zero-order valence-corrected chi connectivity index (χ0v) is 17.5. The third-order valence-corrected chi connectivity index (χ3v) is 4.58. The second kappa shape index (κ2) is 10.4. The van der Waals surface area contributed by atoms with E-state index in [1.54, 1.807) is 18.2 Å². The van der Waals surface area contributed by atoms with Crippen LogP contribution in [0.3, 0.4) is 0 Å². The molecule has 0 aliphatic rings. The summed E-state index contributed by atoms with van der Waals surface area (Å²) < 4.78 is 16.2. The summed E-state index contributed by atoms with van der Waals surface area (Å²) >= 11 is 6.09. The van der Waals surface area contributed by atoms with Gasteiger partial charge in [-0.05, 0) is 29.3 Å². The van der Waals surface area contributed by atoms with Crippen molar-refractivity contribution in [3.8, 4) is 17.2 Å². The van der Waals surface area contributed by atoms with Crippen molar-refractivity contribution in [3.05, 3.63) is 89.0 Å². The van der Waals surface area contributed by atoms with Gasteiger partial charge in [0.25, 0.3) is 0 Å². The number of hydrogen-bond donors (Lipinski definition) is 1. The third-order valence-electron chi connectivity index (χ3n) is 4.29. The van der Waals surface area contributed by atoms with E-state index in [2.05, 4.69) is 5.32 Å². The van der Waals surface area contributed by atoms with Gasteiger partial charge in [-0.3, -0.25) is 4.79 Å². The first-order chi connectivity index (χ1) is 14.6. The summed E-state index contributed by atoms with van der Waals surface area (Å²) in [6.45, 7) is 0.505. The predicted molar refractivity (Wildman–Crippen MR) is 119 cm³/mol. The van der Waals surface area contributed by atoms with Gasteiger partial charge in [0.1, 0.15) is 23.9 Å². The van der Waals surface area contributed by atoms with Crippen LogP contribution in [0.2, 0.25) is 5.02 Å². The maximum Gasteiger partial charge on any atom is 0.248 e. The average Bonchev–Trinajstić information content (AvgIpc) is 2.78. The zero-order chi connectivity index (χ0) is 21.3. The first-order valence-corrected chi connectivity index (χ1v) is 9.64. The highest BCUT2D eigenvalue weighted by atomic mass is 35.5. The van der Waals surface area contributed by atoms with Crippen LogP contribution in [0.5, 0.6) is 17.2 Å². The molecule has 6 heteroatoms. The van der Waals surface area contributed by atoms with Crippen molar-refractivity contribution in [2.24, 2.45) is 0 Å². The van der Waals surface area contributed by atoms with Gasteiger partial charge in [-0.2, -0.15) is 0 Å². The Kier molecular flexibility index (Phi) is 7.35. The number of nitrogens with one attached hydrogen (secondary N) is 1. The molecule has 0 saturated carbocycles. The molecule has 0 atom stereocenters. The van der Waals surface area contributed by atoms with Gasteiger partial charge in [-0.1, -0.05) is 54.1 Å². The van der Waals surface area contributed by atoms with E-state index in [1.165, 1.54) is 20.3 Å². The van der Waals surface area contributed by atoms with Crippen molar-refractivity contribution in [2.75, 3.05) is 19.5 Å². The van der Waals surface area contributed by atoms with Crippen molar-refractivity contribution in [1.82, 2.24) is 0 Å². The van der Waals surface area contributed by atoms with Crippen LogP contribution in [-0.4, -0.2) is 20.1 Å². The summed E-state index contributed by atoms with van der Waals surface area (Å²) in [5.41, 5.74) is 2.45. The molecule has 3 aromatic rings. The van der Waals surface area contributed by atoms with E-state index in [0.717, 1.165) is 16.9 Å². The van der Waals surface area contributed by atoms with E-state index in [1.807, 2.05) is 54.6 Å². The number of hydrogen-bond acceptors (Lipinski definition) is 4. The number of anilines is 1. The summed E-state index contributed by atoms with van der Waals surface area (Å²) in [5.74, 6) is 1.35. The second-order valence-electron chi connectivity index (χ2n) is 6.35. The molecule has 1 N–H and O–H groups in total. The van der Waals surface area contributed by atoms with Crippen LogP contribution in [0, 0.1) is 0 Å². The van der Waals surface area contributed by atoms with Crippen LogP contribution in [0.15, 0.2) is 72.8 Å². The van der Waals surface area contributed by atoms with Crippen molar-refractivity contribution >= 4 is 29.3 Å². The van der Waals surface area contributed by atoms with Crippen LogP contribution in [0.1, 0.15) is 11.1 Å². The van der Waals surface area contributed by atoms with Crippen molar-refractivity contribution in [1.29, 1.82) is 0 Å². The van der Waals surface area contributed by atoms with E-state index in [-0.39, 0.29) is 5.91 Å². The summed E-state index contributed by atoms with van der Waals surface area (Å²) in [4.78, 5) is 12.3. The van der Waals surface area contributed by atoms with Gasteiger partial charge in [0.05, 0.1) is 24.9 Å². The van der Waals surface area contributed by atoms with E-state index in [0.29, 0.717) is 28.8 Å². The molecule has 0 aliphatic heterocycles. The lowest BCUT2D eigenvalue weighted by Gasteiger charge is -2.12. The minimum atomic E-state index is -0.304. The smallest absolute Gasteiger partial charge is 0.248 e. The molecule has 154 valence electrons. The Morgan fingerprint density at radius 2 is 1.67 bits per heavy atom. The number of ether oxygens (including phenoxy) is 3. The molecule has 3 rings (SSSR count). The normalized spacial score (nSPS) is 10.6. The molecule has 0 saturated heterocycles. The highest BCUT2D eigenvalue weighted by Crippen LogP contribution is 2.35. The Bertz CT molecular complexity index is 1020. The number of benzene rings is 3. The Balaban J connectivity index is 1.60. The van der Waals surface area contributed by atoms with Crippen LogP contribution in [-0.2, 0) is 11.4 Å². The van der Waals surface area contributed by atoms with E-state index in [9.17, 15) is 4.79 Å². The monoisotopic (exact) mass is 423 g/mol. The number of halogens is 1. The molecule has 3 aromatic carbocycles. The van der Waals surface area contributed by atoms with Crippen LogP contribution < -0.4 is 19.5 Å². The molecule has 0 heterocycles. The van der Waals surface area contributed by atoms with Gasteiger partial charge in [0.2, 0.25) is 5.91 Å². The standard InChI is InChI=1S/C24H22ClNO4/c1-28-22-15-21(23(29-2)14-20(22)25)26-24(27)13-10-17-8-11-19(12-9-17)30-16-18-6-4-3-5-7-18/h3-15H,16H2,1-2H3,(H,26,27). The highest BCUT2D eigenvalue weighted by molar-refractivity contribution is 6.32. The molecule has 0 aromatic heterocycles. The predicted octanol–water partition coefficient (Wildman–Crippen LogP) is 5.59. The summed E-state index contributed by atoms with van der Waals surface area (Å²) in [5, 5.41) is 3.17. The maximum atomic E-state index is 12.3. The van der Waals surface area contributed by atoms with E-state index < -0.39 is 0 Å². The number of amides is 1. The molecule has 0 fully saturated rings. The van der Waals surface area contributed by atoms with Gasteiger partial charge in [0.15, 0.2) is 0 Å². The Morgan fingerprint density at radius 1 is 0.967 bits per heavy atom. The molecular formula is C24H22ClNO4. The molecular weight excluding hydrogens is 402 g/mol. The lowest BCUT2D eigenvalue weighted by atomic mass is 10.2. The number of rotatable bonds is 8. The second-order valence-corrected chi connectivity index (χ2v) is 6.76. The first kappa shape index (κ1) is 21.3. The fraction of sp³-hybridized carbons (Fsp3) is 0.125. The summed E-state index contributed by atoms with van der Waals surface area (Å²) in [6, 6.07) is 20.7. The van der Waals surface area contributed by atoms with Crippen molar-refractivity contribution in [2.45, 2.75) is 6.61 Å². The molecule has 0 unspecified atom stereocenters. The Morgan fingerprint density at radius 3 is 2.33 bits per heavy atom. The summed E-state index contributed by atoms with van der Waals surface area (Å²) in [6.07, 6.45) is 3.16. The molecule has 0 radical (unpaired) electrons. The fourth-order valence-electron chi connectivity index (χ4n) is 2.72. The van der Waals surface area contributed by atoms with Crippen LogP contribution in [0.25, 0.3) is 6.08 Å². The molecule has 1 amide bonds. The van der Waals surface area contributed by atoms with E-state index in [4.69, 9.17) is 25.8 Å². The molecule has 30 heavy (non-hydrogen) atoms. The van der Waals surface area contributed by atoms with Gasteiger partial charge in [-0.15, -0.1) is 0 Å². The largest absolute Gasteiger partial charge is 0.495 e. The minimum Gasteiger partial charge on any atom is -0.495 e.